The fourth-order valence-corrected chi connectivity index (χ4v) is 1.79. The van der Waals surface area contributed by atoms with E-state index in [0.29, 0.717) is 17.3 Å². The molecule has 0 saturated heterocycles. The van der Waals surface area contributed by atoms with Gasteiger partial charge in [0, 0.05) is 18.6 Å². The van der Waals surface area contributed by atoms with Crippen molar-refractivity contribution in [3.05, 3.63) is 84.6 Å². The first-order valence-electron chi connectivity index (χ1n) is 7.03. The summed E-state index contributed by atoms with van der Waals surface area (Å²) in [6, 6.07) is 16.7. The van der Waals surface area contributed by atoms with Gasteiger partial charge in [-0.1, -0.05) is 18.2 Å². The summed E-state index contributed by atoms with van der Waals surface area (Å²) in [4.78, 5) is 17.1. The van der Waals surface area contributed by atoms with Crippen LogP contribution in [0.4, 0.5) is 5.82 Å². The molecule has 0 radical (unpaired) electrons. The lowest BCUT2D eigenvalue weighted by Crippen LogP contribution is -2.20. The lowest BCUT2D eigenvalue weighted by atomic mass is 10.3. The number of hydrazone groups is 1. The molecule has 23 heavy (non-hydrogen) atoms. The number of hydrogen-bond acceptors (Lipinski definition) is 5. The Hall–Kier alpha value is -3.41. The number of nitrogens with one attached hydrogen (secondary N) is 1. The SMILES string of the molecule is C(=N\NC(=Nc1ccccn1)c1ccccn1)/c1ccccn1. The Labute approximate surface area is 133 Å². The molecule has 0 aliphatic heterocycles. The molecule has 3 rings (SSSR count). The second kappa shape index (κ2) is 7.56. The summed E-state index contributed by atoms with van der Waals surface area (Å²) in [6.45, 7) is 0. The number of rotatable bonds is 4. The maximum absolute atomic E-state index is 4.46. The van der Waals surface area contributed by atoms with Gasteiger partial charge in [-0.3, -0.25) is 15.4 Å². The average Bonchev–Trinajstić information content (AvgIpc) is 2.63. The molecular formula is C17H14N6. The van der Waals surface area contributed by atoms with Gasteiger partial charge in [-0.25, -0.2) is 9.98 Å². The first-order valence-corrected chi connectivity index (χ1v) is 7.03. The molecule has 6 heteroatoms. The normalized spacial score (nSPS) is 11.6. The highest BCUT2D eigenvalue weighted by Gasteiger charge is 2.04. The van der Waals surface area contributed by atoms with Crippen LogP contribution in [0.3, 0.4) is 0 Å². The fraction of sp³-hybridized carbons (Fsp3) is 0. The van der Waals surface area contributed by atoms with Crippen LogP contribution in [0.5, 0.6) is 0 Å². The van der Waals surface area contributed by atoms with E-state index in [1.165, 1.54) is 0 Å². The van der Waals surface area contributed by atoms with Crippen LogP contribution in [0.25, 0.3) is 0 Å². The minimum atomic E-state index is 0.511. The molecule has 3 heterocycles. The molecule has 0 amide bonds. The molecule has 0 fully saturated rings. The van der Waals surface area contributed by atoms with E-state index in [9.17, 15) is 0 Å². The minimum Gasteiger partial charge on any atom is -0.259 e. The highest BCUT2D eigenvalue weighted by molar-refractivity contribution is 5.98. The summed E-state index contributed by atoms with van der Waals surface area (Å²) in [5.74, 6) is 1.09. The average molecular weight is 302 g/mol. The van der Waals surface area contributed by atoms with Crippen molar-refractivity contribution in [2.45, 2.75) is 0 Å². The number of aromatic nitrogens is 3. The lowest BCUT2D eigenvalue weighted by molar-refractivity contribution is 1.01. The number of hydrogen-bond donors (Lipinski definition) is 1. The molecule has 0 saturated carbocycles. The van der Waals surface area contributed by atoms with Crippen LogP contribution in [0.2, 0.25) is 0 Å². The highest BCUT2D eigenvalue weighted by Crippen LogP contribution is 2.07. The molecule has 0 aliphatic carbocycles. The van der Waals surface area contributed by atoms with Crippen molar-refractivity contribution in [1.29, 1.82) is 0 Å². The number of aliphatic imine (C=N–C) groups is 1. The van der Waals surface area contributed by atoms with Gasteiger partial charge in [0.1, 0.15) is 5.69 Å². The summed E-state index contributed by atoms with van der Waals surface area (Å²) in [7, 11) is 0. The largest absolute Gasteiger partial charge is 0.259 e. The quantitative estimate of drug-likeness (QED) is 0.456. The molecule has 0 aliphatic rings. The molecule has 0 bridgehead atoms. The molecule has 3 aromatic rings. The standard InChI is InChI=1S/C17H14N6/c1-4-10-18-14(7-1)13-21-23-17(15-8-2-5-11-19-15)22-16-9-3-6-12-20-16/h1-13H,(H,20,22,23)/b21-13+. The van der Waals surface area contributed by atoms with Crippen LogP contribution in [-0.4, -0.2) is 27.0 Å². The van der Waals surface area contributed by atoms with Crippen LogP contribution in [-0.2, 0) is 0 Å². The van der Waals surface area contributed by atoms with E-state index >= 15 is 0 Å². The Morgan fingerprint density at radius 2 is 1.57 bits per heavy atom. The smallest absolute Gasteiger partial charge is 0.174 e. The van der Waals surface area contributed by atoms with Crippen LogP contribution in [0.15, 0.2) is 83.3 Å². The summed E-state index contributed by atoms with van der Waals surface area (Å²) in [5.41, 5.74) is 4.34. The van der Waals surface area contributed by atoms with E-state index < -0.39 is 0 Å². The molecule has 112 valence electrons. The summed E-state index contributed by atoms with van der Waals surface area (Å²) in [5, 5.41) is 4.18. The van der Waals surface area contributed by atoms with Crippen molar-refractivity contribution in [2.75, 3.05) is 0 Å². The van der Waals surface area contributed by atoms with Gasteiger partial charge in [0.15, 0.2) is 11.7 Å². The predicted octanol–water partition coefficient (Wildman–Crippen LogP) is 2.57. The lowest BCUT2D eigenvalue weighted by Gasteiger charge is -2.04. The topological polar surface area (TPSA) is 75.4 Å². The van der Waals surface area contributed by atoms with E-state index in [1.807, 2.05) is 54.6 Å². The molecule has 0 aromatic carbocycles. The molecule has 1 N–H and O–H groups in total. The van der Waals surface area contributed by atoms with E-state index in [4.69, 9.17) is 0 Å². The predicted molar refractivity (Wildman–Crippen MR) is 89.6 cm³/mol. The number of nitrogens with zero attached hydrogens (tertiary/aromatic N) is 5. The van der Waals surface area contributed by atoms with Gasteiger partial charge in [-0.15, -0.1) is 0 Å². The maximum Gasteiger partial charge on any atom is 0.174 e. The zero-order chi connectivity index (χ0) is 15.7. The Morgan fingerprint density at radius 3 is 2.22 bits per heavy atom. The molecule has 0 unspecified atom stereocenters. The number of amidine groups is 1. The van der Waals surface area contributed by atoms with E-state index in [0.717, 1.165) is 5.69 Å². The van der Waals surface area contributed by atoms with Crippen molar-refractivity contribution < 1.29 is 0 Å². The van der Waals surface area contributed by atoms with Crippen molar-refractivity contribution in [1.82, 2.24) is 20.4 Å². The monoisotopic (exact) mass is 302 g/mol. The van der Waals surface area contributed by atoms with E-state index in [-0.39, 0.29) is 0 Å². The minimum absolute atomic E-state index is 0.511. The molecule has 3 aromatic heterocycles. The van der Waals surface area contributed by atoms with Gasteiger partial charge < -0.3 is 0 Å². The fourth-order valence-electron chi connectivity index (χ4n) is 1.79. The van der Waals surface area contributed by atoms with Gasteiger partial charge in [0.2, 0.25) is 0 Å². The van der Waals surface area contributed by atoms with E-state index in [1.54, 1.807) is 24.8 Å². The first-order chi connectivity index (χ1) is 11.4. The third kappa shape index (κ3) is 4.28. The van der Waals surface area contributed by atoms with Crippen molar-refractivity contribution in [2.24, 2.45) is 10.1 Å². The zero-order valence-corrected chi connectivity index (χ0v) is 12.2. The Bertz CT molecular complexity index is 785. The van der Waals surface area contributed by atoms with Crippen LogP contribution in [0.1, 0.15) is 11.4 Å². The van der Waals surface area contributed by atoms with Crippen molar-refractivity contribution in [3.63, 3.8) is 0 Å². The van der Waals surface area contributed by atoms with Gasteiger partial charge in [0.25, 0.3) is 0 Å². The van der Waals surface area contributed by atoms with Crippen LogP contribution < -0.4 is 5.43 Å². The highest BCUT2D eigenvalue weighted by atomic mass is 15.3. The van der Waals surface area contributed by atoms with Crippen molar-refractivity contribution in [3.8, 4) is 0 Å². The second-order valence-corrected chi connectivity index (χ2v) is 4.49. The van der Waals surface area contributed by atoms with Crippen LogP contribution >= 0.6 is 0 Å². The van der Waals surface area contributed by atoms with Gasteiger partial charge in [-0.2, -0.15) is 5.10 Å². The maximum atomic E-state index is 4.46. The summed E-state index contributed by atoms with van der Waals surface area (Å²) >= 11 is 0. The zero-order valence-electron chi connectivity index (χ0n) is 12.2. The third-order valence-corrected chi connectivity index (χ3v) is 2.84. The van der Waals surface area contributed by atoms with Gasteiger partial charge in [-0.05, 0) is 36.4 Å². The Kier molecular flexibility index (Phi) is 4.77. The first kappa shape index (κ1) is 14.5. The van der Waals surface area contributed by atoms with Crippen molar-refractivity contribution >= 4 is 17.9 Å². The van der Waals surface area contributed by atoms with Crippen LogP contribution in [0, 0.1) is 0 Å². The van der Waals surface area contributed by atoms with Gasteiger partial charge in [0.05, 0.1) is 11.9 Å². The molecular weight excluding hydrogens is 288 g/mol. The molecule has 0 spiro atoms. The molecule has 6 nitrogen and oxygen atoms in total. The Morgan fingerprint density at radius 1 is 0.826 bits per heavy atom. The van der Waals surface area contributed by atoms with E-state index in [2.05, 4.69) is 30.5 Å². The number of pyridine rings is 3. The Balaban J connectivity index is 1.84. The van der Waals surface area contributed by atoms with Gasteiger partial charge >= 0.3 is 0 Å². The molecule has 0 atom stereocenters. The third-order valence-electron chi connectivity index (χ3n) is 2.84. The summed E-state index contributed by atoms with van der Waals surface area (Å²) in [6.07, 6.45) is 6.72. The summed E-state index contributed by atoms with van der Waals surface area (Å²) < 4.78 is 0. The second-order valence-electron chi connectivity index (χ2n) is 4.49.